The van der Waals surface area contributed by atoms with Crippen molar-refractivity contribution in [3.8, 4) is 11.3 Å². The Kier molecular flexibility index (Phi) is 2.93. The summed E-state index contributed by atoms with van der Waals surface area (Å²) in [5.74, 6) is -0.399. The van der Waals surface area contributed by atoms with E-state index in [0.717, 1.165) is 29.8 Å². The van der Waals surface area contributed by atoms with Crippen LogP contribution in [0, 0.1) is 13.8 Å². The van der Waals surface area contributed by atoms with Crippen molar-refractivity contribution in [2.45, 2.75) is 32.6 Å². The minimum Gasteiger partial charge on any atom is -0.478 e. The fourth-order valence-electron chi connectivity index (χ4n) is 2.82. The van der Waals surface area contributed by atoms with Gasteiger partial charge in [0.15, 0.2) is 0 Å². The van der Waals surface area contributed by atoms with Crippen LogP contribution < -0.4 is 0 Å². The maximum Gasteiger partial charge on any atom is 0.337 e. The lowest BCUT2D eigenvalue weighted by atomic mass is 10.0. The van der Waals surface area contributed by atoms with Crippen molar-refractivity contribution in [2.75, 3.05) is 0 Å². The van der Waals surface area contributed by atoms with Crippen molar-refractivity contribution in [1.29, 1.82) is 0 Å². The van der Waals surface area contributed by atoms with Gasteiger partial charge < -0.3 is 9.67 Å². The molecule has 0 spiro atoms. The molecule has 1 aliphatic rings. The molecule has 1 heterocycles. The zero-order chi connectivity index (χ0) is 14.4. The van der Waals surface area contributed by atoms with Crippen LogP contribution in [0.15, 0.2) is 24.3 Å². The highest BCUT2D eigenvalue weighted by molar-refractivity contribution is 5.91. The average molecular weight is 269 g/mol. The summed E-state index contributed by atoms with van der Waals surface area (Å²) in [6.45, 7) is 4.17. The standard InChI is InChI=1S/C17H19NO2/c1-10-4-5-13(8-11(10)2)15-9-14(17(19)20)16(18(15)3)12-6-7-12/h4-5,8-9,12H,6-7H2,1-3H3,(H,19,20). The zero-order valence-corrected chi connectivity index (χ0v) is 12.1. The van der Waals surface area contributed by atoms with Crippen LogP contribution in [0.1, 0.15) is 45.9 Å². The number of hydrogen-bond donors (Lipinski definition) is 1. The third-order valence-electron chi connectivity index (χ3n) is 4.28. The second-order valence-corrected chi connectivity index (χ2v) is 5.77. The third kappa shape index (κ3) is 2.03. The van der Waals surface area contributed by atoms with Crippen LogP contribution in [-0.2, 0) is 7.05 Å². The van der Waals surface area contributed by atoms with Crippen molar-refractivity contribution >= 4 is 5.97 Å². The van der Waals surface area contributed by atoms with Crippen LogP contribution in [0.25, 0.3) is 11.3 Å². The van der Waals surface area contributed by atoms with Gasteiger partial charge in [-0.25, -0.2) is 4.79 Å². The molecule has 0 saturated heterocycles. The van der Waals surface area contributed by atoms with Crippen molar-refractivity contribution in [2.24, 2.45) is 7.05 Å². The molecule has 1 aromatic heterocycles. The first-order valence-electron chi connectivity index (χ1n) is 6.99. The summed E-state index contributed by atoms with van der Waals surface area (Å²) in [6.07, 6.45) is 2.20. The van der Waals surface area contributed by atoms with Crippen LogP contribution in [-0.4, -0.2) is 15.6 Å². The summed E-state index contributed by atoms with van der Waals surface area (Å²) in [4.78, 5) is 11.5. The van der Waals surface area contributed by atoms with E-state index in [1.165, 1.54) is 11.1 Å². The van der Waals surface area contributed by atoms with Gasteiger partial charge in [0.1, 0.15) is 0 Å². The average Bonchev–Trinajstić information content (AvgIpc) is 3.16. The molecule has 3 heteroatoms. The molecule has 20 heavy (non-hydrogen) atoms. The number of benzene rings is 1. The summed E-state index contributed by atoms with van der Waals surface area (Å²) in [5.41, 5.74) is 6.00. The van der Waals surface area contributed by atoms with Gasteiger partial charge in [-0.1, -0.05) is 12.1 Å². The summed E-state index contributed by atoms with van der Waals surface area (Å²) >= 11 is 0. The van der Waals surface area contributed by atoms with Gasteiger partial charge in [-0.3, -0.25) is 0 Å². The third-order valence-corrected chi connectivity index (χ3v) is 4.28. The molecule has 1 N–H and O–H groups in total. The molecule has 0 atom stereocenters. The SMILES string of the molecule is Cc1ccc(-c2cc(C(=O)O)c(C3CC3)n2C)cc1C. The van der Waals surface area contributed by atoms with Crippen LogP contribution in [0.3, 0.4) is 0 Å². The lowest BCUT2D eigenvalue weighted by Gasteiger charge is -2.09. The smallest absolute Gasteiger partial charge is 0.337 e. The van der Waals surface area contributed by atoms with Crippen LogP contribution in [0.4, 0.5) is 0 Å². The van der Waals surface area contributed by atoms with E-state index in [1.807, 2.05) is 13.1 Å². The molecule has 0 unspecified atom stereocenters. The van der Waals surface area contributed by atoms with Crippen molar-refractivity contribution in [3.63, 3.8) is 0 Å². The molecule has 2 aromatic rings. The summed E-state index contributed by atoms with van der Waals surface area (Å²) in [6, 6.07) is 8.11. The number of hydrogen-bond acceptors (Lipinski definition) is 1. The lowest BCUT2D eigenvalue weighted by molar-refractivity contribution is 0.0695. The van der Waals surface area contributed by atoms with Gasteiger partial charge in [0.05, 0.1) is 5.56 Å². The molecule has 0 amide bonds. The Bertz CT molecular complexity index is 693. The molecular weight excluding hydrogens is 250 g/mol. The van der Waals surface area contributed by atoms with Crippen LogP contribution >= 0.6 is 0 Å². The Morgan fingerprint density at radius 2 is 1.90 bits per heavy atom. The van der Waals surface area contributed by atoms with E-state index in [4.69, 9.17) is 0 Å². The lowest BCUT2D eigenvalue weighted by Crippen LogP contribution is -2.03. The minimum atomic E-state index is -0.822. The maximum absolute atomic E-state index is 11.5. The van der Waals surface area contributed by atoms with E-state index >= 15 is 0 Å². The predicted molar refractivity (Wildman–Crippen MR) is 79.3 cm³/mol. The molecule has 1 aromatic carbocycles. The molecular formula is C17H19NO2. The second kappa shape index (κ2) is 4.51. The van der Waals surface area contributed by atoms with E-state index in [2.05, 4.69) is 36.6 Å². The number of aromatic nitrogens is 1. The first-order valence-corrected chi connectivity index (χ1v) is 6.99. The molecule has 0 aliphatic heterocycles. The zero-order valence-electron chi connectivity index (χ0n) is 12.1. The number of carboxylic acid groups (broad SMARTS) is 1. The van der Waals surface area contributed by atoms with Crippen molar-refractivity contribution < 1.29 is 9.90 Å². The summed E-state index contributed by atoms with van der Waals surface area (Å²) < 4.78 is 2.06. The molecule has 1 aliphatic carbocycles. The largest absolute Gasteiger partial charge is 0.478 e. The van der Waals surface area contributed by atoms with Gasteiger partial charge in [-0.2, -0.15) is 0 Å². The Balaban J connectivity index is 2.16. The van der Waals surface area contributed by atoms with E-state index in [1.54, 1.807) is 0 Å². The highest BCUT2D eigenvalue weighted by atomic mass is 16.4. The monoisotopic (exact) mass is 269 g/mol. The first-order chi connectivity index (χ1) is 9.49. The predicted octanol–water partition coefficient (Wildman–Crippen LogP) is 3.88. The fourth-order valence-corrected chi connectivity index (χ4v) is 2.82. The number of nitrogens with zero attached hydrogens (tertiary/aromatic N) is 1. The normalized spacial score (nSPS) is 14.6. The van der Waals surface area contributed by atoms with Crippen LogP contribution in [0.5, 0.6) is 0 Å². The second-order valence-electron chi connectivity index (χ2n) is 5.77. The number of carboxylic acids is 1. The quantitative estimate of drug-likeness (QED) is 0.918. The van der Waals surface area contributed by atoms with Gasteiger partial charge in [0.2, 0.25) is 0 Å². The van der Waals surface area contributed by atoms with Gasteiger partial charge in [0, 0.05) is 24.4 Å². The molecule has 0 radical (unpaired) electrons. The van der Waals surface area contributed by atoms with E-state index < -0.39 is 5.97 Å². The number of carbonyl (C=O) groups is 1. The molecule has 3 rings (SSSR count). The Morgan fingerprint density at radius 3 is 2.45 bits per heavy atom. The summed E-state index contributed by atoms with van der Waals surface area (Å²) in [5, 5.41) is 9.41. The molecule has 3 nitrogen and oxygen atoms in total. The van der Waals surface area contributed by atoms with Gasteiger partial charge in [0.25, 0.3) is 0 Å². The number of aromatic carboxylic acids is 1. The molecule has 1 saturated carbocycles. The number of rotatable bonds is 3. The van der Waals surface area contributed by atoms with E-state index in [0.29, 0.717) is 11.5 Å². The topological polar surface area (TPSA) is 42.2 Å². The van der Waals surface area contributed by atoms with E-state index in [9.17, 15) is 9.90 Å². The van der Waals surface area contributed by atoms with Crippen molar-refractivity contribution in [1.82, 2.24) is 4.57 Å². The maximum atomic E-state index is 11.5. The van der Waals surface area contributed by atoms with Gasteiger partial charge in [-0.05, 0) is 55.5 Å². The minimum absolute atomic E-state index is 0.423. The van der Waals surface area contributed by atoms with Gasteiger partial charge >= 0.3 is 5.97 Å². The molecule has 1 fully saturated rings. The highest BCUT2D eigenvalue weighted by Gasteiger charge is 2.32. The Morgan fingerprint density at radius 1 is 1.20 bits per heavy atom. The highest BCUT2D eigenvalue weighted by Crippen LogP contribution is 2.44. The van der Waals surface area contributed by atoms with E-state index in [-0.39, 0.29) is 0 Å². The number of aryl methyl sites for hydroxylation is 2. The summed E-state index contributed by atoms with van der Waals surface area (Å²) in [7, 11) is 1.98. The fraction of sp³-hybridized carbons (Fsp3) is 0.353. The Hall–Kier alpha value is -2.03. The first kappa shape index (κ1) is 13.0. The van der Waals surface area contributed by atoms with Crippen molar-refractivity contribution in [3.05, 3.63) is 46.6 Å². The molecule has 104 valence electrons. The Labute approximate surface area is 118 Å². The van der Waals surface area contributed by atoms with Gasteiger partial charge in [-0.15, -0.1) is 0 Å². The van der Waals surface area contributed by atoms with Crippen LogP contribution in [0.2, 0.25) is 0 Å². The molecule has 0 bridgehead atoms.